The monoisotopic (exact) mass is 284 g/mol. The minimum atomic E-state index is -0.373. The van der Waals surface area contributed by atoms with Crippen molar-refractivity contribution >= 4 is 17.3 Å². The van der Waals surface area contributed by atoms with E-state index in [0.29, 0.717) is 5.75 Å². The van der Waals surface area contributed by atoms with E-state index in [1.54, 1.807) is 7.11 Å². The molecule has 0 heterocycles. The van der Waals surface area contributed by atoms with Crippen LogP contribution in [0.25, 0.3) is 0 Å². The first-order valence-corrected chi connectivity index (χ1v) is 6.87. The van der Waals surface area contributed by atoms with E-state index in [1.807, 2.05) is 62.4 Å². The molecular weight excluding hydrogens is 264 g/mol. The molecule has 21 heavy (non-hydrogen) atoms. The Morgan fingerprint density at radius 3 is 2.62 bits per heavy atom. The third-order valence-corrected chi connectivity index (χ3v) is 3.16. The third kappa shape index (κ3) is 3.99. The zero-order valence-corrected chi connectivity index (χ0v) is 12.5. The second kappa shape index (κ2) is 6.79. The molecule has 1 atom stereocenters. The number of hydrogen-bond acceptors (Lipinski definition) is 3. The van der Waals surface area contributed by atoms with E-state index in [-0.39, 0.29) is 11.9 Å². The van der Waals surface area contributed by atoms with Gasteiger partial charge < -0.3 is 15.4 Å². The first-order chi connectivity index (χ1) is 10.1. The number of nitrogens with one attached hydrogen (secondary N) is 2. The molecule has 2 N–H and O–H groups in total. The quantitative estimate of drug-likeness (QED) is 0.884. The lowest BCUT2D eigenvalue weighted by Crippen LogP contribution is -2.32. The Morgan fingerprint density at radius 2 is 1.90 bits per heavy atom. The molecule has 0 fully saturated rings. The van der Waals surface area contributed by atoms with Crippen molar-refractivity contribution in [3.63, 3.8) is 0 Å². The molecule has 110 valence electrons. The van der Waals surface area contributed by atoms with Crippen LogP contribution in [0, 0.1) is 6.92 Å². The van der Waals surface area contributed by atoms with Crippen molar-refractivity contribution in [1.82, 2.24) is 0 Å². The summed E-state index contributed by atoms with van der Waals surface area (Å²) >= 11 is 0. The fraction of sp³-hybridized carbons (Fsp3) is 0.235. The molecule has 0 aromatic heterocycles. The van der Waals surface area contributed by atoms with Crippen LogP contribution < -0.4 is 15.4 Å². The predicted octanol–water partition coefficient (Wildman–Crippen LogP) is 3.44. The van der Waals surface area contributed by atoms with Crippen molar-refractivity contribution in [2.75, 3.05) is 17.7 Å². The highest BCUT2D eigenvalue weighted by atomic mass is 16.5. The van der Waals surface area contributed by atoms with Gasteiger partial charge in [-0.25, -0.2) is 0 Å². The van der Waals surface area contributed by atoms with Crippen LogP contribution >= 0.6 is 0 Å². The lowest BCUT2D eigenvalue weighted by molar-refractivity contribution is -0.116. The number of hydrogen-bond donors (Lipinski definition) is 2. The standard InChI is InChI=1S/C17H20N2O2/c1-12-7-6-8-14(11-12)19-17(20)13(2)18-15-9-4-5-10-16(15)21-3/h4-11,13,18H,1-3H3,(H,19,20)/t13-/m0/s1. The van der Waals surface area contributed by atoms with Crippen LogP contribution in [-0.4, -0.2) is 19.1 Å². The number of methoxy groups -OCH3 is 1. The molecule has 2 rings (SSSR count). The molecule has 4 heteroatoms. The number of aryl methyl sites for hydroxylation is 1. The van der Waals surface area contributed by atoms with Crippen LogP contribution in [0.1, 0.15) is 12.5 Å². The highest BCUT2D eigenvalue weighted by molar-refractivity contribution is 5.96. The molecule has 4 nitrogen and oxygen atoms in total. The highest BCUT2D eigenvalue weighted by Crippen LogP contribution is 2.24. The van der Waals surface area contributed by atoms with Gasteiger partial charge in [0.15, 0.2) is 0 Å². The van der Waals surface area contributed by atoms with E-state index in [9.17, 15) is 4.79 Å². The Hall–Kier alpha value is -2.49. The van der Waals surface area contributed by atoms with Crippen LogP contribution in [0.5, 0.6) is 5.75 Å². The molecule has 0 radical (unpaired) electrons. The Balaban J connectivity index is 2.02. The maximum absolute atomic E-state index is 12.2. The molecule has 0 unspecified atom stereocenters. The fourth-order valence-electron chi connectivity index (χ4n) is 2.04. The first kappa shape index (κ1) is 14.9. The van der Waals surface area contributed by atoms with Crippen molar-refractivity contribution in [3.8, 4) is 5.75 Å². The van der Waals surface area contributed by atoms with Gasteiger partial charge in [-0.1, -0.05) is 24.3 Å². The molecular formula is C17H20N2O2. The smallest absolute Gasteiger partial charge is 0.246 e. The van der Waals surface area contributed by atoms with Gasteiger partial charge in [-0.05, 0) is 43.7 Å². The normalized spacial score (nSPS) is 11.6. The van der Waals surface area contributed by atoms with E-state index in [0.717, 1.165) is 16.9 Å². The van der Waals surface area contributed by atoms with Gasteiger partial charge in [0.25, 0.3) is 0 Å². The van der Waals surface area contributed by atoms with Crippen LogP contribution in [0.15, 0.2) is 48.5 Å². The zero-order chi connectivity index (χ0) is 15.2. The summed E-state index contributed by atoms with van der Waals surface area (Å²) in [5.41, 5.74) is 2.71. The van der Waals surface area contributed by atoms with Crippen molar-refractivity contribution < 1.29 is 9.53 Å². The summed E-state index contributed by atoms with van der Waals surface area (Å²) in [4.78, 5) is 12.2. The van der Waals surface area contributed by atoms with E-state index < -0.39 is 0 Å². The average molecular weight is 284 g/mol. The minimum Gasteiger partial charge on any atom is -0.495 e. The molecule has 0 aliphatic heterocycles. The van der Waals surface area contributed by atoms with E-state index in [1.165, 1.54) is 0 Å². The van der Waals surface area contributed by atoms with E-state index >= 15 is 0 Å². The summed E-state index contributed by atoms with van der Waals surface area (Å²) in [5.74, 6) is 0.624. The van der Waals surface area contributed by atoms with Crippen molar-refractivity contribution in [2.24, 2.45) is 0 Å². The molecule has 0 aliphatic rings. The van der Waals surface area contributed by atoms with Gasteiger partial charge in [0.05, 0.1) is 12.8 Å². The number of benzene rings is 2. The van der Waals surface area contributed by atoms with Crippen molar-refractivity contribution in [3.05, 3.63) is 54.1 Å². The topological polar surface area (TPSA) is 50.4 Å². The molecule has 1 amide bonds. The second-order valence-corrected chi connectivity index (χ2v) is 4.93. The average Bonchev–Trinajstić information content (AvgIpc) is 2.47. The Morgan fingerprint density at radius 1 is 1.14 bits per heavy atom. The lowest BCUT2D eigenvalue weighted by atomic mass is 10.2. The number of anilines is 2. The summed E-state index contributed by atoms with van der Waals surface area (Å²) in [7, 11) is 1.61. The number of amides is 1. The van der Waals surface area contributed by atoms with Crippen molar-refractivity contribution in [2.45, 2.75) is 19.9 Å². The van der Waals surface area contributed by atoms with Gasteiger partial charge in [-0.15, -0.1) is 0 Å². The summed E-state index contributed by atoms with van der Waals surface area (Å²) in [5, 5.41) is 6.06. The third-order valence-electron chi connectivity index (χ3n) is 3.16. The number of carbonyl (C=O) groups excluding carboxylic acids is 1. The summed E-state index contributed by atoms with van der Waals surface area (Å²) in [6.45, 7) is 3.81. The molecule has 0 bridgehead atoms. The van der Waals surface area contributed by atoms with Gasteiger partial charge in [0.2, 0.25) is 5.91 Å². The van der Waals surface area contributed by atoms with Crippen molar-refractivity contribution in [1.29, 1.82) is 0 Å². The largest absolute Gasteiger partial charge is 0.495 e. The molecule has 0 aliphatic carbocycles. The summed E-state index contributed by atoms with van der Waals surface area (Å²) in [6.07, 6.45) is 0. The number of carbonyl (C=O) groups is 1. The van der Waals surface area contributed by atoms with Gasteiger partial charge in [-0.3, -0.25) is 4.79 Å². The molecule has 2 aromatic carbocycles. The van der Waals surface area contributed by atoms with Crippen LogP contribution in [-0.2, 0) is 4.79 Å². The Kier molecular flexibility index (Phi) is 4.82. The lowest BCUT2D eigenvalue weighted by Gasteiger charge is -2.17. The van der Waals surface area contributed by atoms with E-state index in [2.05, 4.69) is 10.6 Å². The SMILES string of the molecule is COc1ccccc1N[C@@H](C)C(=O)Nc1cccc(C)c1. The summed E-state index contributed by atoms with van der Waals surface area (Å²) < 4.78 is 5.27. The maximum Gasteiger partial charge on any atom is 0.246 e. The second-order valence-electron chi connectivity index (χ2n) is 4.93. The highest BCUT2D eigenvalue weighted by Gasteiger charge is 2.14. The minimum absolute atomic E-state index is 0.0912. The number of para-hydroxylation sites is 2. The molecule has 0 saturated carbocycles. The number of ether oxygens (including phenoxy) is 1. The molecule has 0 spiro atoms. The first-order valence-electron chi connectivity index (χ1n) is 6.87. The van der Waals surface area contributed by atoms with Gasteiger partial charge in [0, 0.05) is 5.69 Å². The zero-order valence-electron chi connectivity index (χ0n) is 12.5. The molecule has 0 saturated heterocycles. The Labute approximate surface area is 125 Å². The Bertz CT molecular complexity index is 626. The fourth-order valence-corrected chi connectivity index (χ4v) is 2.04. The maximum atomic E-state index is 12.2. The van der Waals surface area contributed by atoms with Crippen LogP contribution in [0.3, 0.4) is 0 Å². The van der Waals surface area contributed by atoms with E-state index in [4.69, 9.17) is 4.74 Å². The van der Waals surface area contributed by atoms with Gasteiger partial charge in [0.1, 0.15) is 11.8 Å². The number of rotatable bonds is 5. The van der Waals surface area contributed by atoms with Crippen LogP contribution in [0.2, 0.25) is 0 Å². The van der Waals surface area contributed by atoms with Crippen LogP contribution in [0.4, 0.5) is 11.4 Å². The predicted molar refractivity (Wildman–Crippen MR) is 85.9 cm³/mol. The van der Waals surface area contributed by atoms with Gasteiger partial charge in [-0.2, -0.15) is 0 Å². The summed E-state index contributed by atoms with van der Waals surface area (Å²) in [6, 6.07) is 14.9. The van der Waals surface area contributed by atoms with Gasteiger partial charge >= 0.3 is 0 Å². The molecule has 2 aromatic rings.